The van der Waals surface area contributed by atoms with Crippen molar-refractivity contribution in [3.8, 4) is 0 Å². The van der Waals surface area contributed by atoms with E-state index in [4.69, 9.17) is 9.47 Å². The molecule has 5 saturated carbocycles. The van der Waals surface area contributed by atoms with Gasteiger partial charge in [-0.25, -0.2) is 0 Å². The van der Waals surface area contributed by atoms with Gasteiger partial charge < -0.3 is 19.7 Å². The van der Waals surface area contributed by atoms with Crippen molar-refractivity contribution < 1.29 is 38.9 Å². The quantitative estimate of drug-likeness (QED) is 0.321. The van der Waals surface area contributed by atoms with Gasteiger partial charge in [0, 0.05) is 10.8 Å². The van der Waals surface area contributed by atoms with E-state index in [-0.39, 0.29) is 22.8 Å². The molecule has 2 N–H and O–H groups in total. The second kappa shape index (κ2) is 12.1. The zero-order valence-electron chi connectivity index (χ0n) is 26.0. The standard InChI is InChI=1S/C34H52O8/c1-19-6-8-25(26(11-19)30(37)38)31(39)42-18-34(4)14-21-13-22(15-34)28-16-33(3,10-9-23(21)28)17-41-32(40)27-12-20(2)5-7-24(27)29(35)36/h19-28H,5-18H2,1-4H3,(H,35,36)(H,37,38). The average Bonchev–Trinajstić information content (AvgIpc) is 3.19. The number of aliphatic carboxylic acids is 2. The minimum atomic E-state index is -0.891. The molecule has 12 unspecified atom stereocenters. The molecular formula is C34H52O8. The van der Waals surface area contributed by atoms with Crippen LogP contribution in [0.5, 0.6) is 0 Å². The van der Waals surface area contributed by atoms with Crippen LogP contribution in [0.3, 0.4) is 0 Å². The van der Waals surface area contributed by atoms with Crippen molar-refractivity contribution in [2.24, 2.45) is 70.0 Å². The number of carboxylic acid groups (broad SMARTS) is 2. The fourth-order valence-corrected chi connectivity index (χ4v) is 10.0. The third-order valence-electron chi connectivity index (χ3n) is 12.3. The lowest BCUT2D eigenvalue weighted by atomic mass is 9.65. The molecule has 0 saturated heterocycles. The Morgan fingerprint density at radius 2 is 1.14 bits per heavy atom. The van der Waals surface area contributed by atoms with Gasteiger partial charge in [-0.1, -0.05) is 27.7 Å². The summed E-state index contributed by atoms with van der Waals surface area (Å²) in [4.78, 5) is 49.8. The fourth-order valence-electron chi connectivity index (χ4n) is 10.0. The highest BCUT2D eigenvalue weighted by molar-refractivity contribution is 5.82. The van der Waals surface area contributed by atoms with Crippen LogP contribution in [0.4, 0.5) is 0 Å². The van der Waals surface area contributed by atoms with Crippen LogP contribution < -0.4 is 0 Å². The van der Waals surface area contributed by atoms with Crippen LogP contribution in [-0.2, 0) is 28.7 Å². The van der Waals surface area contributed by atoms with Crippen LogP contribution >= 0.6 is 0 Å². The molecule has 42 heavy (non-hydrogen) atoms. The molecule has 2 bridgehead atoms. The Morgan fingerprint density at radius 3 is 1.76 bits per heavy atom. The summed E-state index contributed by atoms with van der Waals surface area (Å²) in [5.74, 6) is -1.85. The highest BCUT2D eigenvalue weighted by atomic mass is 16.5. The Balaban J connectivity index is 1.16. The maximum Gasteiger partial charge on any atom is 0.309 e. The minimum absolute atomic E-state index is 0.104. The monoisotopic (exact) mass is 588 g/mol. The maximum atomic E-state index is 13.1. The molecule has 5 rings (SSSR count). The Kier molecular flexibility index (Phi) is 9.03. The van der Waals surface area contributed by atoms with Crippen LogP contribution in [0.25, 0.3) is 0 Å². The second-order valence-electron chi connectivity index (χ2n) is 16.0. The molecule has 0 heterocycles. The highest BCUT2D eigenvalue weighted by Gasteiger charge is 2.55. The molecule has 0 radical (unpaired) electrons. The van der Waals surface area contributed by atoms with Crippen molar-refractivity contribution in [2.45, 2.75) is 105 Å². The molecule has 0 aliphatic heterocycles. The highest BCUT2D eigenvalue weighted by Crippen LogP contribution is 2.62. The molecule has 0 aromatic heterocycles. The molecule has 5 aliphatic rings. The summed E-state index contributed by atoms with van der Waals surface area (Å²) in [5.41, 5.74) is -0.214. The van der Waals surface area contributed by atoms with Gasteiger partial charge in [-0.15, -0.1) is 0 Å². The molecule has 12 atom stereocenters. The summed E-state index contributed by atoms with van der Waals surface area (Å²) in [6.45, 7) is 9.30. The number of carbonyl (C=O) groups is 4. The Labute approximate surface area is 250 Å². The lowest BCUT2D eigenvalue weighted by Gasteiger charge is -2.42. The summed E-state index contributed by atoms with van der Waals surface area (Å²) in [5, 5.41) is 19.4. The van der Waals surface area contributed by atoms with Crippen molar-refractivity contribution in [2.75, 3.05) is 13.2 Å². The van der Waals surface area contributed by atoms with Crippen LogP contribution in [0.1, 0.15) is 105 Å². The number of ether oxygens (including phenoxy) is 2. The third-order valence-corrected chi connectivity index (χ3v) is 12.3. The van der Waals surface area contributed by atoms with E-state index in [0.29, 0.717) is 74.4 Å². The van der Waals surface area contributed by atoms with Crippen molar-refractivity contribution in [1.29, 1.82) is 0 Å². The van der Waals surface area contributed by atoms with Crippen LogP contribution in [0.2, 0.25) is 0 Å². The SMILES string of the molecule is CC1CCC(C(=O)OCC2(C)CC3CC(C2)C2CC(C)(COC(=O)C4CC(C)CCC4C(=O)O)CCC32)C(C(=O)O)C1. The topological polar surface area (TPSA) is 127 Å². The first-order valence-electron chi connectivity index (χ1n) is 16.6. The number of rotatable bonds is 8. The molecule has 0 aromatic rings. The van der Waals surface area contributed by atoms with E-state index >= 15 is 0 Å². The van der Waals surface area contributed by atoms with Gasteiger partial charge in [-0.3, -0.25) is 19.2 Å². The molecule has 0 spiro atoms. The number of carboxylic acids is 2. The average molecular weight is 589 g/mol. The molecular weight excluding hydrogens is 536 g/mol. The maximum absolute atomic E-state index is 13.1. The molecule has 8 heteroatoms. The largest absolute Gasteiger partial charge is 0.481 e. The molecule has 5 fully saturated rings. The lowest BCUT2D eigenvalue weighted by Crippen LogP contribution is -2.40. The van der Waals surface area contributed by atoms with Crippen LogP contribution in [0, 0.1) is 70.0 Å². The smallest absolute Gasteiger partial charge is 0.309 e. The van der Waals surface area contributed by atoms with E-state index in [2.05, 4.69) is 27.7 Å². The predicted molar refractivity (Wildman–Crippen MR) is 155 cm³/mol. The van der Waals surface area contributed by atoms with Crippen LogP contribution in [-0.4, -0.2) is 47.3 Å². The van der Waals surface area contributed by atoms with Crippen molar-refractivity contribution in [3.63, 3.8) is 0 Å². The van der Waals surface area contributed by atoms with Gasteiger partial charge >= 0.3 is 23.9 Å². The van der Waals surface area contributed by atoms with E-state index < -0.39 is 35.6 Å². The van der Waals surface area contributed by atoms with Gasteiger partial charge in [0.2, 0.25) is 0 Å². The van der Waals surface area contributed by atoms with Gasteiger partial charge in [-0.2, -0.15) is 0 Å². The first-order valence-corrected chi connectivity index (χ1v) is 16.6. The van der Waals surface area contributed by atoms with Crippen LogP contribution in [0.15, 0.2) is 0 Å². The Morgan fingerprint density at radius 1 is 0.619 bits per heavy atom. The Hall–Kier alpha value is -2.12. The molecule has 236 valence electrons. The van der Waals surface area contributed by atoms with Gasteiger partial charge in [-0.05, 0) is 113 Å². The molecule has 8 nitrogen and oxygen atoms in total. The summed E-state index contributed by atoms with van der Waals surface area (Å²) >= 11 is 0. The third kappa shape index (κ3) is 6.52. The van der Waals surface area contributed by atoms with E-state index in [9.17, 15) is 29.4 Å². The number of esters is 2. The minimum Gasteiger partial charge on any atom is -0.481 e. The summed E-state index contributed by atoms with van der Waals surface area (Å²) in [6.07, 6.45) is 10.3. The number of hydrogen-bond acceptors (Lipinski definition) is 6. The van der Waals surface area contributed by atoms with E-state index in [1.165, 1.54) is 6.42 Å². The van der Waals surface area contributed by atoms with Gasteiger partial charge in [0.05, 0.1) is 36.9 Å². The Bertz CT molecular complexity index is 1060. The summed E-state index contributed by atoms with van der Waals surface area (Å²) < 4.78 is 11.8. The predicted octanol–water partition coefficient (Wildman–Crippen LogP) is 6.21. The molecule has 5 aliphatic carbocycles. The van der Waals surface area contributed by atoms with Gasteiger partial charge in [0.15, 0.2) is 0 Å². The number of carbonyl (C=O) groups excluding carboxylic acids is 2. The van der Waals surface area contributed by atoms with Gasteiger partial charge in [0.25, 0.3) is 0 Å². The number of fused-ring (bicyclic) bond motifs is 5. The normalized spacial score (nSPS) is 45.0. The number of hydrogen-bond donors (Lipinski definition) is 2. The van der Waals surface area contributed by atoms with Crippen molar-refractivity contribution in [1.82, 2.24) is 0 Å². The first-order chi connectivity index (χ1) is 19.8. The van der Waals surface area contributed by atoms with Crippen molar-refractivity contribution >= 4 is 23.9 Å². The first kappa shape index (κ1) is 31.3. The zero-order chi connectivity index (χ0) is 30.4. The summed E-state index contributed by atoms with van der Waals surface area (Å²) in [7, 11) is 0. The molecule has 0 aromatic carbocycles. The van der Waals surface area contributed by atoms with Crippen molar-refractivity contribution in [3.05, 3.63) is 0 Å². The lowest BCUT2D eigenvalue weighted by molar-refractivity contribution is -0.164. The van der Waals surface area contributed by atoms with E-state index in [1.54, 1.807) is 0 Å². The summed E-state index contributed by atoms with van der Waals surface area (Å²) in [6, 6.07) is 0. The van der Waals surface area contributed by atoms with Gasteiger partial charge in [0.1, 0.15) is 0 Å². The van der Waals surface area contributed by atoms with E-state index in [0.717, 1.165) is 44.9 Å². The zero-order valence-corrected chi connectivity index (χ0v) is 26.0. The van der Waals surface area contributed by atoms with E-state index in [1.807, 2.05) is 0 Å². The fraction of sp³-hybridized carbons (Fsp3) is 0.882. The second-order valence-corrected chi connectivity index (χ2v) is 16.0. The molecule has 0 amide bonds.